The van der Waals surface area contributed by atoms with E-state index in [1.807, 2.05) is 44.2 Å². The molecule has 0 saturated heterocycles. The van der Waals surface area contributed by atoms with Gasteiger partial charge in [-0.05, 0) is 61.9 Å². The highest BCUT2D eigenvalue weighted by atomic mass is 16.5. The zero-order chi connectivity index (χ0) is 24.2. The van der Waals surface area contributed by atoms with Crippen molar-refractivity contribution in [1.82, 2.24) is 10.9 Å². The number of carbonyl (C=O) groups excluding carboxylic acids is 2. The van der Waals surface area contributed by atoms with E-state index < -0.39 is 11.8 Å². The summed E-state index contributed by atoms with van der Waals surface area (Å²) in [6.45, 7) is 4.81. The van der Waals surface area contributed by atoms with Crippen LogP contribution in [0.4, 0.5) is 0 Å². The van der Waals surface area contributed by atoms with Crippen LogP contribution in [-0.4, -0.2) is 31.6 Å². The second-order valence-electron chi connectivity index (χ2n) is 7.06. The molecule has 0 aliphatic rings. The summed E-state index contributed by atoms with van der Waals surface area (Å²) in [4.78, 5) is 24.4. The van der Waals surface area contributed by atoms with Crippen LogP contribution in [0.5, 0.6) is 23.0 Å². The van der Waals surface area contributed by atoms with Crippen LogP contribution >= 0.6 is 0 Å². The van der Waals surface area contributed by atoms with Crippen molar-refractivity contribution in [2.45, 2.75) is 20.5 Å². The molecule has 3 aromatic carbocycles. The van der Waals surface area contributed by atoms with Crippen LogP contribution in [0.15, 0.2) is 72.8 Å². The van der Waals surface area contributed by atoms with E-state index in [4.69, 9.17) is 18.9 Å². The minimum absolute atomic E-state index is 0.266. The monoisotopic (exact) mass is 464 g/mol. The van der Waals surface area contributed by atoms with Crippen molar-refractivity contribution in [2.24, 2.45) is 0 Å². The number of amides is 2. The normalized spacial score (nSPS) is 10.2. The summed E-state index contributed by atoms with van der Waals surface area (Å²) in [6.07, 6.45) is 0. The quantitative estimate of drug-likeness (QED) is 0.418. The Balaban J connectivity index is 1.43. The molecule has 3 aromatic rings. The van der Waals surface area contributed by atoms with Crippen LogP contribution in [0.1, 0.15) is 29.8 Å². The molecule has 0 saturated carbocycles. The summed E-state index contributed by atoms with van der Waals surface area (Å²) in [5.41, 5.74) is 6.08. The minimum atomic E-state index is -0.506. The van der Waals surface area contributed by atoms with E-state index in [0.717, 1.165) is 5.56 Å². The molecule has 178 valence electrons. The van der Waals surface area contributed by atoms with E-state index >= 15 is 0 Å². The number of rotatable bonds is 11. The SMILES string of the molecule is CCOc1ccc(C(=O)NNC(=O)COc2ccc(OCc3ccccc3)cc2)cc1OCC. The van der Waals surface area contributed by atoms with Crippen molar-refractivity contribution in [3.05, 3.63) is 83.9 Å². The van der Waals surface area contributed by atoms with Gasteiger partial charge in [0.1, 0.15) is 18.1 Å². The molecular weight excluding hydrogens is 436 g/mol. The van der Waals surface area contributed by atoms with Crippen LogP contribution in [0.3, 0.4) is 0 Å². The standard InChI is InChI=1S/C26H28N2O6/c1-3-31-23-15-10-20(16-24(23)32-4-2)26(30)28-27-25(29)18-34-22-13-11-21(12-14-22)33-17-19-8-6-5-7-9-19/h5-16H,3-4,17-18H2,1-2H3,(H,27,29)(H,28,30). The Bertz CT molecular complexity index is 1070. The molecule has 0 atom stereocenters. The van der Waals surface area contributed by atoms with Crippen molar-refractivity contribution in [3.63, 3.8) is 0 Å². The highest BCUT2D eigenvalue weighted by molar-refractivity contribution is 5.96. The molecule has 0 aromatic heterocycles. The largest absolute Gasteiger partial charge is 0.490 e. The molecule has 0 spiro atoms. The fraction of sp³-hybridized carbons (Fsp3) is 0.231. The first kappa shape index (κ1) is 24.4. The van der Waals surface area contributed by atoms with Gasteiger partial charge in [-0.15, -0.1) is 0 Å². The summed E-state index contributed by atoms with van der Waals surface area (Å²) in [7, 11) is 0. The Labute approximate surface area is 198 Å². The fourth-order valence-electron chi connectivity index (χ4n) is 2.95. The molecular formula is C26H28N2O6. The maximum absolute atomic E-state index is 12.4. The number of benzene rings is 3. The van der Waals surface area contributed by atoms with Crippen molar-refractivity contribution in [2.75, 3.05) is 19.8 Å². The second-order valence-corrected chi connectivity index (χ2v) is 7.06. The maximum atomic E-state index is 12.4. The second kappa shape index (κ2) is 12.7. The Morgan fingerprint density at radius 2 is 1.35 bits per heavy atom. The zero-order valence-electron chi connectivity index (χ0n) is 19.2. The lowest BCUT2D eigenvalue weighted by molar-refractivity contribution is -0.123. The molecule has 3 rings (SSSR count). The average Bonchev–Trinajstić information content (AvgIpc) is 2.87. The van der Waals surface area contributed by atoms with Gasteiger partial charge < -0.3 is 18.9 Å². The van der Waals surface area contributed by atoms with E-state index in [1.54, 1.807) is 42.5 Å². The van der Waals surface area contributed by atoms with Crippen LogP contribution < -0.4 is 29.8 Å². The first-order valence-corrected chi connectivity index (χ1v) is 11.0. The Hall–Kier alpha value is -4.20. The molecule has 0 radical (unpaired) electrons. The summed E-state index contributed by atoms with van der Waals surface area (Å²) < 4.78 is 22.2. The first-order chi connectivity index (χ1) is 16.6. The Morgan fingerprint density at radius 1 is 0.706 bits per heavy atom. The van der Waals surface area contributed by atoms with E-state index in [-0.39, 0.29) is 6.61 Å². The van der Waals surface area contributed by atoms with Gasteiger partial charge in [-0.3, -0.25) is 20.4 Å². The van der Waals surface area contributed by atoms with E-state index in [0.29, 0.717) is 48.4 Å². The van der Waals surface area contributed by atoms with E-state index in [1.165, 1.54) is 0 Å². The number of hydrazine groups is 1. The van der Waals surface area contributed by atoms with Gasteiger partial charge in [-0.25, -0.2) is 0 Å². The lowest BCUT2D eigenvalue weighted by Crippen LogP contribution is -2.43. The number of hydrogen-bond donors (Lipinski definition) is 2. The summed E-state index contributed by atoms with van der Waals surface area (Å²) in [5.74, 6) is 1.21. The Kier molecular flexibility index (Phi) is 9.16. The lowest BCUT2D eigenvalue weighted by atomic mass is 10.2. The molecule has 0 aliphatic carbocycles. The molecule has 8 heteroatoms. The molecule has 2 amide bonds. The van der Waals surface area contributed by atoms with Crippen molar-refractivity contribution in [1.29, 1.82) is 0 Å². The Morgan fingerprint density at radius 3 is 2.03 bits per heavy atom. The van der Waals surface area contributed by atoms with E-state index in [2.05, 4.69) is 10.9 Å². The molecule has 2 N–H and O–H groups in total. The molecule has 34 heavy (non-hydrogen) atoms. The average molecular weight is 465 g/mol. The van der Waals surface area contributed by atoms with Gasteiger partial charge in [0.2, 0.25) is 0 Å². The topological polar surface area (TPSA) is 95.1 Å². The third-order valence-corrected chi connectivity index (χ3v) is 4.56. The van der Waals surface area contributed by atoms with Gasteiger partial charge in [0.25, 0.3) is 11.8 Å². The predicted molar refractivity (Wildman–Crippen MR) is 127 cm³/mol. The molecule has 0 bridgehead atoms. The maximum Gasteiger partial charge on any atom is 0.276 e. The highest BCUT2D eigenvalue weighted by Crippen LogP contribution is 2.28. The van der Waals surface area contributed by atoms with Gasteiger partial charge in [-0.1, -0.05) is 30.3 Å². The summed E-state index contributed by atoms with van der Waals surface area (Å²) in [5, 5.41) is 0. The third-order valence-electron chi connectivity index (χ3n) is 4.56. The van der Waals surface area contributed by atoms with Crippen molar-refractivity contribution < 1.29 is 28.5 Å². The number of carbonyl (C=O) groups is 2. The number of ether oxygens (including phenoxy) is 4. The van der Waals surface area contributed by atoms with Gasteiger partial charge >= 0.3 is 0 Å². The first-order valence-electron chi connectivity index (χ1n) is 11.0. The highest BCUT2D eigenvalue weighted by Gasteiger charge is 2.12. The van der Waals surface area contributed by atoms with Gasteiger partial charge in [0.15, 0.2) is 18.1 Å². The van der Waals surface area contributed by atoms with Crippen LogP contribution in [0.25, 0.3) is 0 Å². The van der Waals surface area contributed by atoms with Gasteiger partial charge in [-0.2, -0.15) is 0 Å². The summed E-state index contributed by atoms with van der Waals surface area (Å²) >= 11 is 0. The van der Waals surface area contributed by atoms with Gasteiger partial charge in [0, 0.05) is 5.56 Å². The third kappa shape index (κ3) is 7.44. The van der Waals surface area contributed by atoms with E-state index in [9.17, 15) is 9.59 Å². The molecule has 0 fully saturated rings. The summed E-state index contributed by atoms with van der Waals surface area (Å²) in [6, 6.07) is 21.6. The lowest BCUT2D eigenvalue weighted by Gasteiger charge is -2.13. The zero-order valence-corrected chi connectivity index (χ0v) is 19.2. The van der Waals surface area contributed by atoms with Crippen LogP contribution in [-0.2, 0) is 11.4 Å². The van der Waals surface area contributed by atoms with Crippen molar-refractivity contribution >= 4 is 11.8 Å². The van der Waals surface area contributed by atoms with Gasteiger partial charge in [0.05, 0.1) is 13.2 Å². The smallest absolute Gasteiger partial charge is 0.276 e. The minimum Gasteiger partial charge on any atom is -0.490 e. The molecule has 0 aliphatic heterocycles. The van der Waals surface area contributed by atoms with Crippen LogP contribution in [0.2, 0.25) is 0 Å². The molecule has 8 nitrogen and oxygen atoms in total. The fourth-order valence-corrected chi connectivity index (χ4v) is 2.95. The molecule has 0 unspecified atom stereocenters. The number of hydrogen-bond acceptors (Lipinski definition) is 6. The number of nitrogens with one attached hydrogen (secondary N) is 2. The van der Waals surface area contributed by atoms with Crippen LogP contribution in [0, 0.1) is 0 Å². The van der Waals surface area contributed by atoms with Crippen molar-refractivity contribution in [3.8, 4) is 23.0 Å². The predicted octanol–water partition coefficient (Wildman–Crippen LogP) is 3.90. The molecule has 0 heterocycles.